The third-order valence-electron chi connectivity index (χ3n) is 6.32. The molecule has 1 aliphatic carbocycles. The van der Waals surface area contributed by atoms with Gasteiger partial charge in [-0.15, -0.1) is 0 Å². The molecule has 160 valence electrons. The molecule has 1 aliphatic heterocycles. The van der Waals surface area contributed by atoms with Crippen molar-refractivity contribution >= 4 is 17.8 Å². The number of esters is 1. The third-order valence-corrected chi connectivity index (χ3v) is 6.32. The molecule has 31 heavy (non-hydrogen) atoms. The van der Waals surface area contributed by atoms with Crippen LogP contribution in [0.2, 0.25) is 0 Å². The SMILES string of the molecule is Cc1ccc(/C=C/[C@@H]2C3=C(CC(C)(C)CC3=O)OC(=O)[C@@H]2Cc2ccc(C)cc2)cc1. The van der Waals surface area contributed by atoms with E-state index >= 15 is 0 Å². The van der Waals surface area contributed by atoms with Crippen molar-refractivity contribution in [2.24, 2.45) is 17.3 Å². The van der Waals surface area contributed by atoms with Crippen molar-refractivity contribution in [3.05, 3.63) is 88.2 Å². The van der Waals surface area contributed by atoms with E-state index in [1.54, 1.807) is 0 Å². The minimum absolute atomic E-state index is 0.103. The van der Waals surface area contributed by atoms with Gasteiger partial charge in [0, 0.05) is 24.3 Å². The molecule has 0 radical (unpaired) electrons. The highest BCUT2D eigenvalue weighted by atomic mass is 16.5. The van der Waals surface area contributed by atoms with Crippen LogP contribution in [0.5, 0.6) is 0 Å². The van der Waals surface area contributed by atoms with Crippen LogP contribution in [0.1, 0.15) is 48.9 Å². The topological polar surface area (TPSA) is 43.4 Å². The van der Waals surface area contributed by atoms with Gasteiger partial charge in [0.25, 0.3) is 0 Å². The molecule has 0 saturated heterocycles. The molecule has 0 spiro atoms. The minimum Gasteiger partial charge on any atom is -0.430 e. The number of hydrogen-bond donors (Lipinski definition) is 0. The minimum atomic E-state index is -0.409. The van der Waals surface area contributed by atoms with Crippen LogP contribution in [0, 0.1) is 31.1 Å². The lowest BCUT2D eigenvalue weighted by atomic mass is 9.69. The van der Waals surface area contributed by atoms with Gasteiger partial charge in [-0.1, -0.05) is 85.7 Å². The Labute approximate surface area is 184 Å². The third kappa shape index (κ3) is 4.71. The number of ether oxygens (including phenoxy) is 1. The molecule has 3 heteroatoms. The molecule has 2 aromatic rings. The predicted molar refractivity (Wildman–Crippen MR) is 123 cm³/mol. The normalized spacial score (nSPS) is 23.1. The molecular formula is C28H30O3. The molecule has 2 aliphatic rings. The number of hydrogen-bond acceptors (Lipinski definition) is 3. The van der Waals surface area contributed by atoms with E-state index in [1.807, 2.05) is 19.1 Å². The molecule has 2 atom stereocenters. The summed E-state index contributed by atoms with van der Waals surface area (Å²) in [5.41, 5.74) is 5.02. The average molecular weight is 415 g/mol. The summed E-state index contributed by atoms with van der Waals surface area (Å²) in [6.07, 6.45) is 5.72. The zero-order chi connectivity index (χ0) is 22.2. The summed E-state index contributed by atoms with van der Waals surface area (Å²) >= 11 is 0. The number of allylic oxidation sites excluding steroid dienone is 3. The Kier molecular flexibility index (Phi) is 5.70. The summed E-state index contributed by atoms with van der Waals surface area (Å²) < 4.78 is 5.79. The molecule has 1 heterocycles. The van der Waals surface area contributed by atoms with Crippen LogP contribution in [0.25, 0.3) is 6.08 Å². The second kappa shape index (κ2) is 8.30. The Bertz CT molecular complexity index is 1050. The van der Waals surface area contributed by atoms with Crippen molar-refractivity contribution in [2.45, 2.75) is 47.0 Å². The zero-order valence-corrected chi connectivity index (χ0v) is 18.8. The molecule has 0 amide bonds. The van der Waals surface area contributed by atoms with E-state index in [0.29, 0.717) is 30.6 Å². The quantitative estimate of drug-likeness (QED) is 0.577. The van der Waals surface area contributed by atoms with Crippen molar-refractivity contribution < 1.29 is 14.3 Å². The second-order valence-corrected chi connectivity index (χ2v) is 9.79. The van der Waals surface area contributed by atoms with Gasteiger partial charge < -0.3 is 4.74 Å². The van der Waals surface area contributed by atoms with E-state index < -0.39 is 5.92 Å². The van der Waals surface area contributed by atoms with Gasteiger partial charge in [-0.05, 0) is 36.8 Å². The summed E-state index contributed by atoms with van der Waals surface area (Å²) in [5, 5.41) is 0. The first-order valence-electron chi connectivity index (χ1n) is 11.0. The maximum absolute atomic E-state index is 13.2. The second-order valence-electron chi connectivity index (χ2n) is 9.79. The Morgan fingerprint density at radius 3 is 2.19 bits per heavy atom. The van der Waals surface area contributed by atoms with E-state index in [9.17, 15) is 9.59 Å². The van der Waals surface area contributed by atoms with Crippen LogP contribution in [0.15, 0.2) is 65.9 Å². The van der Waals surface area contributed by atoms with Gasteiger partial charge in [-0.25, -0.2) is 0 Å². The van der Waals surface area contributed by atoms with E-state index in [2.05, 4.69) is 69.3 Å². The number of carbonyl (C=O) groups excluding carboxylic acids is 2. The van der Waals surface area contributed by atoms with Gasteiger partial charge in [0.1, 0.15) is 5.76 Å². The molecule has 0 aromatic heterocycles. The molecule has 0 bridgehead atoms. The number of Topliss-reactive ketones (excluding diaryl/α,β-unsaturated/α-hetero) is 1. The summed E-state index contributed by atoms with van der Waals surface area (Å²) in [4.78, 5) is 26.3. The zero-order valence-electron chi connectivity index (χ0n) is 18.8. The average Bonchev–Trinajstić information content (AvgIpc) is 2.69. The summed E-state index contributed by atoms with van der Waals surface area (Å²) in [6, 6.07) is 16.5. The fourth-order valence-electron chi connectivity index (χ4n) is 4.60. The number of rotatable bonds is 4. The first-order valence-corrected chi connectivity index (χ1v) is 11.0. The molecule has 4 rings (SSSR count). The first kappa shape index (κ1) is 21.3. The number of carbonyl (C=O) groups is 2. The highest BCUT2D eigenvalue weighted by Gasteiger charge is 2.45. The summed E-state index contributed by atoms with van der Waals surface area (Å²) in [7, 11) is 0. The first-order chi connectivity index (χ1) is 14.7. The largest absolute Gasteiger partial charge is 0.430 e. The number of aryl methyl sites for hydroxylation is 2. The molecular weight excluding hydrogens is 384 g/mol. The van der Waals surface area contributed by atoms with Gasteiger partial charge in [0.05, 0.1) is 5.92 Å². The van der Waals surface area contributed by atoms with Gasteiger partial charge >= 0.3 is 5.97 Å². The lowest BCUT2D eigenvalue weighted by Gasteiger charge is -2.39. The van der Waals surface area contributed by atoms with Gasteiger partial charge in [-0.2, -0.15) is 0 Å². The standard InChI is InChI=1S/C28H30O3/c1-18-5-9-20(10-6-18)13-14-22-23(15-21-11-7-19(2)8-12-21)27(30)31-25-17-28(3,4)16-24(29)26(22)25/h5-14,22-23H,15-17H2,1-4H3/b14-13+/t22-,23+/m0/s1. The van der Waals surface area contributed by atoms with Crippen LogP contribution in [0.4, 0.5) is 0 Å². The lowest BCUT2D eigenvalue weighted by Crippen LogP contribution is -2.40. The Balaban J connectivity index is 1.73. The Morgan fingerprint density at radius 2 is 1.55 bits per heavy atom. The monoisotopic (exact) mass is 414 g/mol. The molecule has 0 N–H and O–H groups in total. The van der Waals surface area contributed by atoms with Gasteiger partial charge in [0.2, 0.25) is 0 Å². The van der Waals surface area contributed by atoms with Crippen molar-refractivity contribution in [1.29, 1.82) is 0 Å². The van der Waals surface area contributed by atoms with E-state index in [-0.39, 0.29) is 23.1 Å². The van der Waals surface area contributed by atoms with Crippen LogP contribution in [-0.2, 0) is 20.7 Å². The smallest absolute Gasteiger partial charge is 0.315 e. The van der Waals surface area contributed by atoms with E-state index in [0.717, 1.165) is 11.1 Å². The Morgan fingerprint density at radius 1 is 0.935 bits per heavy atom. The van der Waals surface area contributed by atoms with Crippen LogP contribution in [-0.4, -0.2) is 11.8 Å². The molecule has 0 saturated carbocycles. The van der Waals surface area contributed by atoms with Crippen LogP contribution in [0.3, 0.4) is 0 Å². The van der Waals surface area contributed by atoms with Crippen LogP contribution < -0.4 is 0 Å². The maximum atomic E-state index is 13.2. The van der Waals surface area contributed by atoms with E-state index in [1.165, 1.54) is 11.1 Å². The van der Waals surface area contributed by atoms with E-state index in [4.69, 9.17) is 4.74 Å². The van der Waals surface area contributed by atoms with Crippen molar-refractivity contribution in [3.8, 4) is 0 Å². The lowest BCUT2D eigenvalue weighted by molar-refractivity contribution is -0.149. The fraction of sp³-hybridized carbons (Fsp3) is 0.357. The summed E-state index contributed by atoms with van der Waals surface area (Å²) in [6.45, 7) is 8.21. The number of benzene rings is 2. The molecule has 3 nitrogen and oxygen atoms in total. The summed E-state index contributed by atoms with van der Waals surface area (Å²) in [5.74, 6) is -0.240. The van der Waals surface area contributed by atoms with Gasteiger partial charge in [-0.3, -0.25) is 9.59 Å². The van der Waals surface area contributed by atoms with Crippen molar-refractivity contribution in [1.82, 2.24) is 0 Å². The van der Waals surface area contributed by atoms with Gasteiger partial charge in [0.15, 0.2) is 5.78 Å². The fourth-order valence-corrected chi connectivity index (χ4v) is 4.60. The highest BCUT2D eigenvalue weighted by Crippen LogP contribution is 2.45. The highest BCUT2D eigenvalue weighted by molar-refractivity contribution is 6.00. The molecule has 0 fully saturated rings. The Hall–Kier alpha value is -2.94. The molecule has 2 aromatic carbocycles. The molecule has 0 unspecified atom stereocenters. The number of ketones is 1. The van der Waals surface area contributed by atoms with Crippen molar-refractivity contribution in [3.63, 3.8) is 0 Å². The predicted octanol–water partition coefficient (Wildman–Crippen LogP) is 5.99. The van der Waals surface area contributed by atoms with Crippen molar-refractivity contribution in [2.75, 3.05) is 0 Å². The maximum Gasteiger partial charge on any atom is 0.315 e. The van der Waals surface area contributed by atoms with Crippen LogP contribution >= 0.6 is 0 Å².